The molecule has 0 spiro atoms. The first kappa shape index (κ1) is 14.6. The Morgan fingerprint density at radius 1 is 1.42 bits per heavy atom. The lowest BCUT2D eigenvalue weighted by Gasteiger charge is -2.11. The smallest absolute Gasteiger partial charge is 0.238 e. The highest BCUT2D eigenvalue weighted by Crippen LogP contribution is 2.25. The van der Waals surface area contributed by atoms with Crippen LogP contribution >= 0.6 is 23.2 Å². The molecule has 1 fully saturated rings. The number of hydrogen-bond acceptors (Lipinski definition) is 3. The second-order valence-electron chi connectivity index (χ2n) is 4.44. The molecular weight excluding hydrogens is 287 g/mol. The largest absolute Gasteiger partial charge is 0.377 e. The molecule has 1 aromatic rings. The highest BCUT2D eigenvalue weighted by molar-refractivity contribution is 6.35. The predicted octanol–water partition coefficient (Wildman–Crippen LogP) is 2.70. The van der Waals surface area contributed by atoms with Crippen LogP contribution in [0.2, 0.25) is 10.0 Å². The third kappa shape index (κ3) is 4.66. The molecule has 1 aliphatic rings. The molecule has 1 aliphatic heterocycles. The van der Waals surface area contributed by atoms with Gasteiger partial charge in [0.2, 0.25) is 5.91 Å². The first-order valence-electron chi connectivity index (χ1n) is 6.22. The van der Waals surface area contributed by atoms with E-state index in [1.54, 1.807) is 18.2 Å². The van der Waals surface area contributed by atoms with Crippen LogP contribution in [0.4, 0.5) is 5.69 Å². The molecule has 1 aromatic carbocycles. The van der Waals surface area contributed by atoms with Gasteiger partial charge in [-0.15, -0.1) is 0 Å². The second kappa shape index (κ2) is 7.10. The van der Waals surface area contributed by atoms with Crippen LogP contribution in [0, 0.1) is 0 Å². The SMILES string of the molecule is O=C(CNCC1CCCO1)Nc1cc(Cl)ccc1Cl. The van der Waals surface area contributed by atoms with Gasteiger partial charge < -0.3 is 15.4 Å². The fourth-order valence-electron chi connectivity index (χ4n) is 1.94. The van der Waals surface area contributed by atoms with Gasteiger partial charge in [0.25, 0.3) is 0 Å². The Balaban J connectivity index is 1.75. The van der Waals surface area contributed by atoms with Crippen molar-refractivity contribution in [1.29, 1.82) is 0 Å². The van der Waals surface area contributed by atoms with Crippen molar-refractivity contribution in [2.45, 2.75) is 18.9 Å². The number of amides is 1. The van der Waals surface area contributed by atoms with Crippen LogP contribution in [0.3, 0.4) is 0 Å². The van der Waals surface area contributed by atoms with E-state index in [0.717, 1.165) is 19.4 Å². The average Bonchev–Trinajstić information content (AvgIpc) is 2.87. The van der Waals surface area contributed by atoms with Crippen molar-refractivity contribution in [3.63, 3.8) is 0 Å². The Hall–Kier alpha value is -0.810. The molecule has 2 rings (SSSR count). The highest BCUT2D eigenvalue weighted by atomic mass is 35.5. The quantitative estimate of drug-likeness (QED) is 0.879. The number of carbonyl (C=O) groups excluding carboxylic acids is 1. The Morgan fingerprint density at radius 3 is 3.00 bits per heavy atom. The summed E-state index contributed by atoms with van der Waals surface area (Å²) in [5, 5.41) is 6.79. The maximum Gasteiger partial charge on any atom is 0.238 e. The van der Waals surface area contributed by atoms with Gasteiger partial charge >= 0.3 is 0 Å². The van der Waals surface area contributed by atoms with Crippen LogP contribution in [0.1, 0.15) is 12.8 Å². The number of benzene rings is 1. The molecule has 6 heteroatoms. The van der Waals surface area contributed by atoms with Crippen molar-refractivity contribution in [3.8, 4) is 0 Å². The maximum atomic E-state index is 11.7. The lowest BCUT2D eigenvalue weighted by Crippen LogP contribution is -2.33. The highest BCUT2D eigenvalue weighted by Gasteiger charge is 2.15. The summed E-state index contributed by atoms with van der Waals surface area (Å²) < 4.78 is 5.46. The minimum absolute atomic E-state index is 0.151. The van der Waals surface area contributed by atoms with Gasteiger partial charge in [-0.3, -0.25) is 4.79 Å². The first-order chi connectivity index (χ1) is 9.15. The number of anilines is 1. The lowest BCUT2D eigenvalue weighted by atomic mass is 10.2. The van der Waals surface area contributed by atoms with Gasteiger partial charge in [-0.2, -0.15) is 0 Å². The van der Waals surface area contributed by atoms with Crippen molar-refractivity contribution in [2.24, 2.45) is 0 Å². The van der Waals surface area contributed by atoms with Crippen LogP contribution < -0.4 is 10.6 Å². The van der Waals surface area contributed by atoms with Gasteiger partial charge in [0.15, 0.2) is 0 Å². The Kier molecular flexibility index (Phi) is 5.45. The van der Waals surface area contributed by atoms with Gasteiger partial charge in [0.1, 0.15) is 0 Å². The van der Waals surface area contributed by atoms with Crippen molar-refractivity contribution in [3.05, 3.63) is 28.2 Å². The average molecular weight is 303 g/mol. The van der Waals surface area contributed by atoms with E-state index in [1.165, 1.54) is 0 Å². The van der Waals surface area contributed by atoms with Crippen LogP contribution in [0.15, 0.2) is 18.2 Å². The number of nitrogens with one attached hydrogen (secondary N) is 2. The first-order valence-corrected chi connectivity index (χ1v) is 6.98. The van der Waals surface area contributed by atoms with Gasteiger partial charge in [0, 0.05) is 18.2 Å². The molecule has 0 aliphatic carbocycles. The molecule has 0 radical (unpaired) electrons. The fourth-order valence-corrected chi connectivity index (χ4v) is 2.28. The topological polar surface area (TPSA) is 50.4 Å². The number of ether oxygens (including phenoxy) is 1. The predicted molar refractivity (Wildman–Crippen MR) is 76.9 cm³/mol. The zero-order valence-electron chi connectivity index (χ0n) is 10.4. The Bertz CT molecular complexity index is 448. The summed E-state index contributed by atoms with van der Waals surface area (Å²) in [6.07, 6.45) is 2.37. The molecule has 1 saturated heterocycles. The van der Waals surface area contributed by atoms with E-state index in [0.29, 0.717) is 22.3 Å². The number of rotatable bonds is 5. The summed E-state index contributed by atoms with van der Waals surface area (Å²) in [5.74, 6) is -0.151. The summed E-state index contributed by atoms with van der Waals surface area (Å²) in [6, 6.07) is 4.95. The molecule has 1 heterocycles. The fraction of sp³-hybridized carbons (Fsp3) is 0.462. The van der Waals surface area contributed by atoms with Gasteiger partial charge in [-0.25, -0.2) is 0 Å². The molecule has 0 bridgehead atoms. The normalized spacial score (nSPS) is 18.5. The van der Waals surface area contributed by atoms with E-state index >= 15 is 0 Å². The lowest BCUT2D eigenvalue weighted by molar-refractivity contribution is -0.115. The van der Waals surface area contributed by atoms with Gasteiger partial charge in [0.05, 0.1) is 23.4 Å². The molecule has 1 amide bonds. The molecule has 0 saturated carbocycles. The van der Waals surface area contributed by atoms with Gasteiger partial charge in [-0.05, 0) is 31.0 Å². The van der Waals surface area contributed by atoms with E-state index in [-0.39, 0.29) is 18.6 Å². The monoisotopic (exact) mass is 302 g/mol. The molecule has 1 unspecified atom stereocenters. The molecule has 104 valence electrons. The Morgan fingerprint density at radius 2 is 2.26 bits per heavy atom. The molecule has 2 N–H and O–H groups in total. The van der Waals surface area contributed by atoms with Crippen molar-refractivity contribution < 1.29 is 9.53 Å². The molecular formula is C13H16Cl2N2O2. The number of hydrogen-bond donors (Lipinski definition) is 2. The minimum atomic E-state index is -0.151. The zero-order valence-corrected chi connectivity index (χ0v) is 11.9. The second-order valence-corrected chi connectivity index (χ2v) is 5.28. The standard InChI is InChI=1S/C13H16Cl2N2O2/c14-9-3-4-11(15)12(6-9)17-13(18)8-16-7-10-2-1-5-19-10/h3-4,6,10,16H,1-2,5,7-8H2,(H,17,18). The summed E-state index contributed by atoms with van der Waals surface area (Å²) in [6.45, 7) is 1.73. The summed E-state index contributed by atoms with van der Waals surface area (Å²) >= 11 is 11.8. The van der Waals surface area contributed by atoms with Gasteiger partial charge in [-0.1, -0.05) is 23.2 Å². The number of carbonyl (C=O) groups is 1. The van der Waals surface area contributed by atoms with Crippen molar-refractivity contribution in [1.82, 2.24) is 5.32 Å². The van der Waals surface area contributed by atoms with Crippen LogP contribution in [0.25, 0.3) is 0 Å². The van der Waals surface area contributed by atoms with E-state index in [2.05, 4.69) is 10.6 Å². The zero-order chi connectivity index (χ0) is 13.7. The summed E-state index contributed by atoms with van der Waals surface area (Å²) in [4.78, 5) is 11.7. The maximum absolute atomic E-state index is 11.7. The van der Waals surface area contributed by atoms with E-state index in [4.69, 9.17) is 27.9 Å². The molecule has 4 nitrogen and oxygen atoms in total. The van der Waals surface area contributed by atoms with Crippen LogP contribution in [-0.4, -0.2) is 31.7 Å². The third-order valence-corrected chi connectivity index (χ3v) is 3.45. The van der Waals surface area contributed by atoms with E-state index < -0.39 is 0 Å². The van der Waals surface area contributed by atoms with E-state index in [9.17, 15) is 4.79 Å². The Labute approximate surface area is 122 Å². The summed E-state index contributed by atoms with van der Waals surface area (Å²) in [5.41, 5.74) is 0.526. The van der Waals surface area contributed by atoms with Crippen molar-refractivity contribution >= 4 is 34.8 Å². The minimum Gasteiger partial charge on any atom is -0.377 e. The molecule has 19 heavy (non-hydrogen) atoms. The third-order valence-electron chi connectivity index (χ3n) is 2.88. The van der Waals surface area contributed by atoms with Crippen LogP contribution in [-0.2, 0) is 9.53 Å². The molecule has 1 atom stereocenters. The summed E-state index contributed by atoms with van der Waals surface area (Å²) in [7, 11) is 0. The van der Waals surface area contributed by atoms with Crippen LogP contribution in [0.5, 0.6) is 0 Å². The molecule has 0 aromatic heterocycles. The van der Waals surface area contributed by atoms with E-state index in [1.807, 2.05) is 0 Å². The number of halogens is 2. The van der Waals surface area contributed by atoms with Crippen molar-refractivity contribution in [2.75, 3.05) is 25.0 Å².